The second-order valence-electron chi connectivity index (χ2n) is 6.98. The van der Waals surface area contributed by atoms with Crippen LogP contribution in [0.4, 0.5) is 0 Å². The summed E-state index contributed by atoms with van der Waals surface area (Å²) >= 11 is 1.23. The zero-order valence-corrected chi connectivity index (χ0v) is 17.8. The molecule has 160 valence electrons. The number of carbonyl (C=O) groups excluding carboxylic acids is 2. The van der Waals surface area contributed by atoms with E-state index in [1.54, 1.807) is 61.5 Å². The largest absolute Gasteiger partial charge is 0.508 e. The first kappa shape index (κ1) is 21.1. The summed E-state index contributed by atoms with van der Waals surface area (Å²) in [6, 6.07) is 16.5. The Morgan fingerprint density at radius 2 is 1.69 bits per heavy atom. The fraction of sp³-hybridized carbons (Fsp3) is 0.0400. The van der Waals surface area contributed by atoms with Crippen LogP contribution in [0, 0.1) is 6.92 Å². The van der Waals surface area contributed by atoms with Crippen molar-refractivity contribution in [1.29, 1.82) is 0 Å². The van der Waals surface area contributed by atoms with Gasteiger partial charge in [0.25, 0.3) is 6.47 Å². The quantitative estimate of drug-likeness (QED) is 0.212. The minimum Gasteiger partial charge on any atom is -0.508 e. The molecule has 0 saturated carbocycles. The molecule has 0 amide bonds. The van der Waals surface area contributed by atoms with Crippen molar-refractivity contribution < 1.29 is 29.3 Å². The molecule has 0 atom stereocenters. The van der Waals surface area contributed by atoms with Crippen molar-refractivity contribution in [3.8, 4) is 23.0 Å². The van der Waals surface area contributed by atoms with Crippen molar-refractivity contribution in [3.63, 3.8) is 0 Å². The molecule has 1 heterocycles. The molecular formula is C25H18O6S. The standard InChI is InChI=1S/C25H18O6S/c1-15-12-17(27)4-8-20(15)23(29)25-24(21-9-5-18(28)13-22(21)32-25)31-19-6-2-16(3-7-19)10-11-30-14-26/h2-14,27-28H,1H3/b11-10+. The Kier molecular flexibility index (Phi) is 5.91. The number of hydrogen-bond acceptors (Lipinski definition) is 7. The van der Waals surface area contributed by atoms with Gasteiger partial charge in [-0.1, -0.05) is 12.1 Å². The lowest BCUT2D eigenvalue weighted by Crippen LogP contribution is -2.03. The molecule has 0 aliphatic rings. The normalized spacial score (nSPS) is 11.0. The topological polar surface area (TPSA) is 93.1 Å². The first-order valence-corrected chi connectivity index (χ1v) is 10.4. The van der Waals surface area contributed by atoms with E-state index in [4.69, 9.17) is 4.74 Å². The lowest BCUT2D eigenvalue weighted by atomic mass is 10.0. The lowest BCUT2D eigenvalue weighted by molar-refractivity contribution is -0.123. The fourth-order valence-corrected chi connectivity index (χ4v) is 4.37. The third kappa shape index (κ3) is 4.33. The van der Waals surface area contributed by atoms with Crippen LogP contribution in [0.1, 0.15) is 26.4 Å². The molecule has 0 spiro atoms. The molecule has 4 aromatic rings. The molecule has 4 rings (SSSR count). The molecule has 0 unspecified atom stereocenters. The number of fused-ring (bicyclic) bond motifs is 1. The van der Waals surface area contributed by atoms with Gasteiger partial charge in [-0.15, -0.1) is 11.3 Å². The van der Waals surface area contributed by atoms with Crippen LogP contribution >= 0.6 is 11.3 Å². The van der Waals surface area contributed by atoms with E-state index in [9.17, 15) is 19.8 Å². The molecule has 0 saturated heterocycles. The van der Waals surface area contributed by atoms with Gasteiger partial charge in [0.1, 0.15) is 22.1 Å². The highest BCUT2D eigenvalue weighted by molar-refractivity contribution is 7.21. The maximum Gasteiger partial charge on any atom is 0.297 e. The molecule has 0 fully saturated rings. The van der Waals surface area contributed by atoms with Gasteiger partial charge in [-0.25, -0.2) is 0 Å². The highest BCUT2D eigenvalue weighted by atomic mass is 32.1. The number of aromatic hydroxyl groups is 2. The summed E-state index contributed by atoms with van der Waals surface area (Å²) in [6.45, 7) is 2.09. The number of phenolic OH excluding ortho intramolecular Hbond substituents is 2. The summed E-state index contributed by atoms with van der Waals surface area (Å²) < 4.78 is 11.4. The van der Waals surface area contributed by atoms with Gasteiger partial charge < -0.3 is 19.7 Å². The first-order chi connectivity index (χ1) is 15.5. The van der Waals surface area contributed by atoms with E-state index < -0.39 is 0 Å². The number of hydrogen-bond donors (Lipinski definition) is 2. The van der Waals surface area contributed by atoms with E-state index >= 15 is 0 Å². The molecule has 0 aliphatic carbocycles. The molecular weight excluding hydrogens is 428 g/mol. The minimum atomic E-state index is -0.233. The molecule has 32 heavy (non-hydrogen) atoms. The molecule has 0 radical (unpaired) electrons. The van der Waals surface area contributed by atoms with Crippen molar-refractivity contribution in [2.24, 2.45) is 0 Å². The van der Waals surface area contributed by atoms with Crippen LogP contribution in [0.2, 0.25) is 0 Å². The van der Waals surface area contributed by atoms with Crippen LogP contribution in [0.15, 0.2) is 66.9 Å². The van der Waals surface area contributed by atoms with Gasteiger partial charge in [0.15, 0.2) is 5.75 Å². The first-order valence-electron chi connectivity index (χ1n) is 9.59. The van der Waals surface area contributed by atoms with Crippen LogP contribution < -0.4 is 4.74 Å². The summed E-state index contributed by atoms with van der Waals surface area (Å²) in [6.07, 6.45) is 2.90. The Balaban J connectivity index is 1.74. The van der Waals surface area contributed by atoms with Crippen molar-refractivity contribution >= 4 is 39.8 Å². The van der Waals surface area contributed by atoms with Crippen molar-refractivity contribution in [3.05, 3.63) is 88.5 Å². The van der Waals surface area contributed by atoms with E-state index in [2.05, 4.69) is 4.74 Å². The molecule has 0 aliphatic heterocycles. The molecule has 2 N–H and O–H groups in total. The predicted molar refractivity (Wildman–Crippen MR) is 122 cm³/mol. The SMILES string of the molecule is Cc1cc(O)ccc1C(=O)c1sc2cc(O)ccc2c1Oc1ccc(/C=C/OC=O)cc1. The molecule has 3 aromatic carbocycles. The number of ether oxygens (including phenoxy) is 2. The van der Waals surface area contributed by atoms with Crippen LogP contribution in [-0.2, 0) is 9.53 Å². The Morgan fingerprint density at radius 3 is 2.41 bits per heavy atom. The van der Waals surface area contributed by atoms with E-state index in [1.165, 1.54) is 29.7 Å². The predicted octanol–water partition coefficient (Wildman–Crippen LogP) is 5.79. The summed E-state index contributed by atoms with van der Waals surface area (Å²) in [5, 5.41) is 20.3. The number of aryl methyl sites for hydroxylation is 1. The highest BCUT2D eigenvalue weighted by Crippen LogP contribution is 2.43. The average molecular weight is 446 g/mol. The number of phenols is 2. The number of ketones is 1. The van der Waals surface area contributed by atoms with Crippen molar-refractivity contribution in [2.45, 2.75) is 6.92 Å². The van der Waals surface area contributed by atoms with Gasteiger partial charge in [0, 0.05) is 15.6 Å². The summed E-state index contributed by atoms with van der Waals surface area (Å²) in [4.78, 5) is 24.0. The van der Waals surface area contributed by atoms with Gasteiger partial charge in [0.2, 0.25) is 5.78 Å². The number of rotatable bonds is 7. The highest BCUT2D eigenvalue weighted by Gasteiger charge is 2.23. The lowest BCUT2D eigenvalue weighted by Gasteiger charge is -2.09. The summed E-state index contributed by atoms with van der Waals surface area (Å²) in [7, 11) is 0. The monoisotopic (exact) mass is 446 g/mol. The zero-order chi connectivity index (χ0) is 22.7. The van der Waals surface area contributed by atoms with Crippen LogP contribution in [-0.4, -0.2) is 22.5 Å². The average Bonchev–Trinajstić information content (AvgIpc) is 3.12. The van der Waals surface area contributed by atoms with E-state index in [-0.39, 0.29) is 17.3 Å². The van der Waals surface area contributed by atoms with Crippen molar-refractivity contribution in [2.75, 3.05) is 0 Å². The van der Waals surface area contributed by atoms with Crippen LogP contribution in [0.3, 0.4) is 0 Å². The van der Waals surface area contributed by atoms with Crippen LogP contribution in [0.5, 0.6) is 23.0 Å². The summed E-state index contributed by atoms with van der Waals surface area (Å²) in [5.41, 5.74) is 1.91. The molecule has 7 heteroatoms. The number of thiophene rings is 1. The Labute approximate surface area is 187 Å². The van der Waals surface area contributed by atoms with E-state index in [0.717, 1.165) is 5.56 Å². The second-order valence-corrected chi connectivity index (χ2v) is 8.03. The van der Waals surface area contributed by atoms with Gasteiger partial charge >= 0.3 is 0 Å². The van der Waals surface area contributed by atoms with E-state index in [0.29, 0.717) is 44.1 Å². The van der Waals surface area contributed by atoms with Gasteiger partial charge in [-0.2, -0.15) is 0 Å². The Bertz CT molecular complexity index is 1330. The van der Waals surface area contributed by atoms with Crippen LogP contribution in [0.25, 0.3) is 16.2 Å². The van der Waals surface area contributed by atoms with Gasteiger partial charge in [-0.3, -0.25) is 9.59 Å². The van der Waals surface area contributed by atoms with Gasteiger partial charge in [-0.05, 0) is 72.7 Å². The Hall–Kier alpha value is -4.10. The van der Waals surface area contributed by atoms with Crippen molar-refractivity contribution in [1.82, 2.24) is 0 Å². The van der Waals surface area contributed by atoms with E-state index in [1.807, 2.05) is 0 Å². The second kappa shape index (κ2) is 8.95. The molecule has 1 aromatic heterocycles. The molecule has 0 bridgehead atoms. The Morgan fingerprint density at radius 1 is 0.969 bits per heavy atom. The summed E-state index contributed by atoms with van der Waals surface area (Å²) in [5.74, 6) is 0.866. The van der Waals surface area contributed by atoms with Gasteiger partial charge in [0.05, 0.1) is 6.26 Å². The third-order valence-electron chi connectivity index (χ3n) is 4.78. The number of benzene rings is 3. The maximum atomic E-state index is 13.4. The maximum absolute atomic E-state index is 13.4. The fourth-order valence-electron chi connectivity index (χ4n) is 3.25. The number of carbonyl (C=O) groups is 2. The molecule has 6 nitrogen and oxygen atoms in total. The third-order valence-corrected chi connectivity index (χ3v) is 5.92. The zero-order valence-electron chi connectivity index (χ0n) is 16.9. The minimum absolute atomic E-state index is 0.0875. The smallest absolute Gasteiger partial charge is 0.297 e.